The first-order valence-corrected chi connectivity index (χ1v) is 16.2. The number of hydrogen-bond acceptors (Lipinski definition) is 7. The molecule has 250 valence electrons. The summed E-state index contributed by atoms with van der Waals surface area (Å²) in [5.74, 6) is 0.213. The Morgan fingerprint density at radius 2 is 1.84 bits per heavy atom. The van der Waals surface area contributed by atoms with Gasteiger partial charge in [0.25, 0.3) is 5.91 Å². The van der Waals surface area contributed by atoms with E-state index in [2.05, 4.69) is 16.4 Å². The Morgan fingerprint density at radius 1 is 1.08 bits per heavy atom. The maximum Gasteiger partial charge on any atom is 0.410 e. The maximum absolute atomic E-state index is 15.2. The fourth-order valence-corrected chi connectivity index (χ4v) is 6.02. The molecule has 1 aliphatic heterocycles. The van der Waals surface area contributed by atoms with Gasteiger partial charge in [0.05, 0.1) is 36.4 Å². The smallest absolute Gasteiger partial charge is 0.410 e. The average Bonchev–Trinajstić information content (AvgIpc) is 3.63. The summed E-state index contributed by atoms with van der Waals surface area (Å²) < 4.78 is 32.9. The lowest BCUT2D eigenvalue weighted by Gasteiger charge is -2.23. The Bertz CT molecular complexity index is 2080. The Balaban J connectivity index is 1.13. The fourth-order valence-electron chi connectivity index (χ4n) is 6.02. The molecule has 0 bridgehead atoms. The van der Waals surface area contributed by atoms with E-state index < -0.39 is 17.5 Å². The summed E-state index contributed by atoms with van der Waals surface area (Å²) in [5, 5.41) is 12.3. The van der Waals surface area contributed by atoms with Gasteiger partial charge < -0.3 is 19.2 Å². The van der Waals surface area contributed by atoms with E-state index in [0.717, 1.165) is 11.1 Å². The molecule has 0 radical (unpaired) electrons. The zero-order valence-electron chi connectivity index (χ0n) is 28.0. The maximum atomic E-state index is 15.2. The fraction of sp³-hybridized carbons (Fsp3) is 0.282. The first kappa shape index (κ1) is 33.2. The van der Waals surface area contributed by atoms with Crippen LogP contribution in [0.5, 0.6) is 5.75 Å². The Hall–Kier alpha value is -5.69. The highest BCUT2D eigenvalue weighted by molar-refractivity contribution is 5.94. The minimum absolute atomic E-state index is 0.0848. The number of oxazole rings is 1. The first-order valence-electron chi connectivity index (χ1n) is 16.2. The number of halogens is 1. The van der Waals surface area contributed by atoms with Crippen LogP contribution in [0.15, 0.2) is 83.3 Å². The van der Waals surface area contributed by atoms with Crippen molar-refractivity contribution in [2.45, 2.75) is 58.8 Å². The molecule has 1 fully saturated rings. The van der Waals surface area contributed by atoms with Gasteiger partial charge >= 0.3 is 6.09 Å². The van der Waals surface area contributed by atoms with Crippen LogP contribution in [0.25, 0.3) is 33.7 Å². The summed E-state index contributed by atoms with van der Waals surface area (Å²) in [4.78, 5) is 32.3. The summed E-state index contributed by atoms with van der Waals surface area (Å²) in [6, 6.07) is 24.6. The normalized spacial score (nSPS) is 15.9. The molecule has 1 aromatic heterocycles. The van der Waals surface area contributed by atoms with Gasteiger partial charge in [-0.2, -0.15) is 5.26 Å². The van der Waals surface area contributed by atoms with Crippen LogP contribution in [0, 0.1) is 17.1 Å². The van der Waals surface area contributed by atoms with E-state index >= 15 is 4.39 Å². The summed E-state index contributed by atoms with van der Waals surface area (Å²) in [5.41, 5.74) is 4.48. The number of nitriles is 1. The summed E-state index contributed by atoms with van der Waals surface area (Å²) in [6.45, 7) is 10.1. The van der Waals surface area contributed by atoms with Gasteiger partial charge in [-0.1, -0.05) is 44.2 Å². The number of amides is 2. The van der Waals surface area contributed by atoms with E-state index in [9.17, 15) is 14.9 Å². The SMILES string of the molecule is CC(C)Oc1cccc(F)c1-c1ccccc1CN1CC(C)(CNC(=O)c2ccc(-c3nc4cc(C#N)cc(C(C)C)c4o3)cc2)OC1=O. The highest BCUT2D eigenvalue weighted by atomic mass is 19.1. The van der Waals surface area contributed by atoms with Crippen molar-refractivity contribution in [1.29, 1.82) is 5.26 Å². The van der Waals surface area contributed by atoms with Gasteiger partial charge in [0.2, 0.25) is 5.89 Å². The van der Waals surface area contributed by atoms with Gasteiger partial charge in [0.15, 0.2) is 5.58 Å². The lowest BCUT2D eigenvalue weighted by atomic mass is 9.97. The number of aromatic nitrogens is 1. The number of carbonyl (C=O) groups excluding carboxylic acids is 2. The summed E-state index contributed by atoms with van der Waals surface area (Å²) in [6.07, 6.45) is -0.676. The largest absolute Gasteiger partial charge is 0.490 e. The average molecular weight is 661 g/mol. The number of benzene rings is 4. The van der Waals surface area contributed by atoms with Crippen LogP contribution in [-0.4, -0.2) is 46.7 Å². The number of carbonyl (C=O) groups is 2. The second-order valence-electron chi connectivity index (χ2n) is 13.1. The molecular formula is C39H37FN4O5. The van der Waals surface area contributed by atoms with Crippen molar-refractivity contribution >= 4 is 23.1 Å². The van der Waals surface area contributed by atoms with E-state index in [0.29, 0.717) is 50.6 Å². The van der Waals surface area contributed by atoms with Gasteiger partial charge in [-0.15, -0.1) is 0 Å². The highest BCUT2D eigenvalue weighted by Crippen LogP contribution is 2.37. The molecule has 1 saturated heterocycles. The standard InChI is InChI=1S/C39H37FN4O5/c1-23(2)30-17-25(19-41)18-32-35(30)48-37(43-32)27-15-13-26(14-16-27)36(45)42-21-39(5)22-44(38(46)49-39)20-28-9-6-7-10-29(28)34-31(40)11-8-12-33(34)47-24(3)4/h6-18,23-24H,20-22H2,1-5H3,(H,42,45). The van der Waals surface area contributed by atoms with Gasteiger partial charge in [-0.25, -0.2) is 14.2 Å². The molecule has 2 heterocycles. The van der Waals surface area contributed by atoms with Crippen molar-refractivity contribution in [3.8, 4) is 34.4 Å². The molecule has 9 nitrogen and oxygen atoms in total. The van der Waals surface area contributed by atoms with E-state index in [1.807, 2.05) is 58.0 Å². The molecule has 49 heavy (non-hydrogen) atoms. The van der Waals surface area contributed by atoms with Crippen molar-refractivity contribution in [3.63, 3.8) is 0 Å². The zero-order valence-corrected chi connectivity index (χ0v) is 28.0. The Kier molecular flexibility index (Phi) is 9.11. The number of hydrogen-bond donors (Lipinski definition) is 1. The van der Waals surface area contributed by atoms with Crippen LogP contribution >= 0.6 is 0 Å². The molecule has 5 aromatic rings. The molecule has 0 saturated carbocycles. The summed E-state index contributed by atoms with van der Waals surface area (Å²) >= 11 is 0. The van der Waals surface area contributed by atoms with Crippen LogP contribution in [0.4, 0.5) is 9.18 Å². The molecule has 4 aromatic carbocycles. The van der Waals surface area contributed by atoms with Crippen LogP contribution in [-0.2, 0) is 11.3 Å². The molecule has 2 amide bonds. The number of cyclic esters (lactones) is 1. The lowest BCUT2D eigenvalue weighted by Crippen LogP contribution is -2.43. The van der Waals surface area contributed by atoms with E-state index in [1.54, 1.807) is 54.3 Å². The van der Waals surface area contributed by atoms with E-state index in [4.69, 9.17) is 13.9 Å². The Morgan fingerprint density at radius 3 is 2.55 bits per heavy atom. The molecule has 1 unspecified atom stereocenters. The molecule has 1 N–H and O–H groups in total. The van der Waals surface area contributed by atoms with Crippen LogP contribution in [0.2, 0.25) is 0 Å². The predicted molar refractivity (Wildman–Crippen MR) is 183 cm³/mol. The minimum Gasteiger partial charge on any atom is -0.490 e. The zero-order chi connectivity index (χ0) is 34.9. The van der Waals surface area contributed by atoms with Crippen molar-refractivity contribution in [3.05, 3.63) is 107 Å². The number of nitrogens with zero attached hydrogens (tertiary/aromatic N) is 3. The van der Waals surface area contributed by atoms with Crippen molar-refractivity contribution in [2.75, 3.05) is 13.1 Å². The third-order valence-corrected chi connectivity index (χ3v) is 8.39. The second-order valence-corrected chi connectivity index (χ2v) is 13.1. The van der Waals surface area contributed by atoms with Gasteiger partial charge in [-0.05, 0) is 86.3 Å². The number of ether oxygens (including phenoxy) is 2. The van der Waals surface area contributed by atoms with Crippen LogP contribution in [0.3, 0.4) is 0 Å². The number of nitrogens with one attached hydrogen (secondary N) is 1. The topological polar surface area (TPSA) is 118 Å². The molecule has 1 atom stereocenters. The van der Waals surface area contributed by atoms with Gasteiger partial charge in [0.1, 0.15) is 22.7 Å². The lowest BCUT2D eigenvalue weighted by molar-refractivity contribution is 0.0651. The number of fused-ring (bicyclic) bond motifs is 1. The third kappa shape index (κ3) is 6.97. The second kappa shape index (κ2) is 13.4. The van der Waals surface area contributed by atoms with Gasteiger partial charge in [-0.3, -0.25) is 9.69 Å². The monoisotopic (exact) mass is 660 g/mol. The summed E-state index contributed by atoms with van der Waals surface area (Å²) in [7, 11) is 0. The quantitative estimate of drug-likeness (QED) is 0.160. The molecule has 0 aliphatic carbocycles. The molecular weight excluding hydrogens is 623 g/mol. The van der Waals surface area contributed by atoms with Crippen molar-refractivity contribution in [1.82, 2.24) is 15.2 Å². The van der Waals surface area contributed by atoms with Crippen molar-refractivity contribution in [2.24, 2.45) is 0 Å². The predicted octanol–water partition coefficient (Wildman–Crippen LogP) is 8.22. The van der Waals surface area contributed by atoms with E-state index in [-0.39, 0.29) is 37.6 Å². The minimum atomic E-state index is -0.986. The van der Waals surface area contributed by atoms with E-state index in [1.165, 1.54) is 6.07 Å². The number of rotatable bonds is 10. The molecule has 6 rings (SSSR count). The first-order chi connectivity index (χ1) is 23.4. The van der Waals surface area contributed by atoms with Crippen LogP contribution < -0.4 is 10.1 Å². The van der Waals surface area contributed by atoms with Gasteiger partial charge in [0, 0.05) is 23.2 Å². The highest BCUT2D eigenvalue weighted by Gasteiger charge is 2.42. The molecule has 10 heteroatoms. The molecule has 0 spiro atoms. The third-order valence-electron chi connectivity index (χ3n) is 8.39. The Labute approximate surface area is 284 Å². The van der Waals surface area contributed by atoms with Crippen molar-refractivity contribution < 1.29 is 27.9 Å². The molecule has 1 aliphatic rings. The van der Waals surface area contributed by atoms with Crippen LogP contribution in [0.1, 0.15) is 67.6 Å².